The van der Waals surface area contributed by atoms with E-state index in [1.807, 2.05) is 12.1 Å². The summed E-state index contributed by atoms with van der Waals surface area (Å²) in [5.74, 6) is 0.480. The van der Waals surface area contributed by atoms with Gasteiger partial charge < -0.3 is 10.5 Å². The molecule has 0 amide bonds. The number of hydrogen-bond acceptors (Lipinski definition) is 5. The maximum absolute atomic E-state index is 13.3. The zero-order valence-corrected chi connectivity index (χ0v) is 14.1. The van der Waals surface area contributed by atoms with Crippen molar-refractivity contribution in [2.75, 3.05) is 0 Å². The zero-order chi connectivity index (χ0) is 18.8. The van der Waals surface area contributed by atoms with Gasteiger partial charge >= 0.3 is 0 Å². The molecule has 6 nitrogen and oxygen atoms in total. The monoisotopic (exact) mass is 362 g/mol. The summed E-state index contributed by atoms with van der Waals surface area (Å²) in [6.45, 7) is 0.206. The number of benzene rings is 2. The number of nitrogens with zero attached hydrogens (tertiary/aromatic N) is 2. The van der Waals surface area contributed by atoms with Crippen LogP contribution in [0.2, 0.25) is 0 Å². The smallest absolute Gasteiger partial charge is 0.272 e. The van der Waals surface area contributed by atoms with Crippen molar-refractivity contribution in [1.82, 2.24) is 15.2 Å². The van der Waals surface area contributed by atoms with Crippen LogP contribution in [0, 0.1) is 5.82 Å². The third kappa shape index (κ3) is 3.40. The molecule has 134 valence electrons. The molecule has 0 unspecified atom stereocenters. The van der Waals surface area contributed by atoms with Crippen LogP contribution in [0.1, 0.15) is 5.69 Å². The van der Waals surface area contributed by atoms with Gasteiger partial charge in [-0.2, -0.15) is 5.10 Å². The van der Waals surface area contributed by atoms with Crippen LogP contribution < -0.4 is 16.0 Å². The number of nitrogens with two attached hydrogens (primary N) is 1. The van der Waals surface area contributed by atoms with Gasteiger partial charge in [0.1, 0.15) is 17.3 Å². The van der Waals surface area contributed by atoms with E-state index in [0.29, 0.717) is 28.0 Å². The van der Waals surface area contributed by atoms with E-state index in [9.17, 15) is 9.18 Å². The Hall–Kier alpha value is -3.58. The number of pyridine rings is 1. The number of hydrogen-bond donors (Lipinski definition) is 2. The van der Waals surface area contributed by atoms with Crippen molar-refractivity contribution in [2.45, 2.75) is 6.54 Å². The Labute approximate surface area is 153 Å². The van der Waals surface area contributed by atoms with Crippen molar-refractivity contribution in [3.63, 3.8) is 0 Å². The fourth-order valence-electron chi connectivity index (χ4n) is 2.85. The van der Waals surface area contributed by atoms with Gasteiger partial charge in [-0.3, -0.25) is 9.78 Å². The Morgan fingerprint density at radius 2 is 1.89 bits per heavy atom. The van der Waals surface area contributed by atoms with Crippen LogP contribution in [-0.2, 0) is 6.54 Å². The van der Waals surface area contributed by atoms with Crippen LogP contribution >= 0.6 is 0 Å². The highest BCUT2D eigenvalue weighted by Crippen LogP contribution is 2.28. The molecule has 7 heteroatoms. The SMILES string of the molecule is NCc1n[nH]c(=O)c2ccc(-c3cncc(Oc4cccc(F)c4)c3)cc12. The summed E-state index contributed by atoms with van der Waals surface area (Å²) in [4.78, 5) is 16.2. The van der Waals surface area contributed by atoms with Gasteiger partial charge in [-0.05, 0) is 35.9 Å². The quantitative estimate of drug-likeness (QED) is 0.580. The Morgan fingerprint density at radius 1 is 1.00 bits per heavy atom. The number of halogens is 1. The van der Waals surface area contributed by atoms with E-state index in [1.165, 1.54) is 12.1 Å². The van der Waals surface area contributed by atoms with E-state index in [0.717, 1.165) is 11.1 Å². The van der Waals surface area contributed by atoms with Gasteiger partial charge in [0.05, 0.1) is 17.3 Å². The fourth-order valence-corrected chi connectivity index (χ4v) is 2.85. The standard InChI is InChI=1S/C20H15FN4O2/c21-14-2-1-3-15(8-14)27-16-6-13(10-23-11-16)12-4-5-17-18(7-12)19(9-22)24-25-20(17)26/h1-8,10-11H,9,22H2,(H,25,26). The normalized spacial score (nSPS) is 10.9. The molecule has 0 spiro atoms. The predicted octanol–water partition coefficient (Wildman–Crippen LogP) is 3.38. The molecule has 0 aliphatic rings. The number of aromatic amines is 1. The van der Waals surface area contributed by atoms with E-state index in [1.54, 1.807) is 36.7 Å². The Balaban J connectivity index is 1.74. The largest absolute Gasteiger partial charge is 0.456 e. The average molecular weight is 362 g/mol. The first kappa shape index (κ1) is 16.9. The van der Waals surface area contributed by atoms with Crippen molar-refractivity contribution < 1.29 is 9.13 Å². The Kier molecular flexibility index (Phi) is 4.35. The molecule has 0 aliphatic carbocycles. The molecule has 0 saturated heterocycles. The minimum absolute atomic E-state index is 0.206. The second-order valence-corrected chi connectivity index (χ2v) is 5.93. The van der Waals surface area contributed by atoms with Crippen LogP contribution in [-0.4, -0.2) is 15.2 Å². The first-order chi connectivity index (χ1) is 13.1. The van der Waals surface area contributed by atoms with Gasteiger partial charge in [0.15, 0.2) is 0 Å². The minimum atomic E-state index is -0.377. The molecule has 2 aromatic carbocycles. The summed E-state index contributed by atoms with van der Waals surface area (Å²) in [5, 5.41) is 7.66. The molecule has 4 aromatic rings. The Morgan fingerprint density at radius 3 is 2.70 bits per heavy atom. The van der Waals surface area contributed by atoms with Crippen LogP contribution in [0.25, 0.3) is 21.9 Å². The van der Waals surface area contributed by atoms with Gasteiger partial charge in [-0.1, -0.05) is 12.1 Å². The maximum atomic E-state index is 13.3. The highest BCUT2D eigenvalue weighted by Gasteiger charge is 2.09. The van der Waals surface area contributed by atoms with Crippen LogP contribution in [0.5, 0.6) is 11.5 Å². The summed E-state index contributed by atoms with van der Waals surface area (Å²) in [6, 6.07) is 13.1. The van der Waals surface area contributed by atoms with E-state index < -0.39 is 0 Å². The molecule has 0 saturated carbocycles. The van der Waals surface area contributed by atoms with Crippen molar-refractivity contribution in [3.8, 4) is 22.6 Å². The highest BCUT2D eigenvalue weighted by molar-refractivity contribution is 5.88. The summed E-state index contributed by atoms with van der Waals surface area (Å²) in [7, 11) is 0. The molecular formula is C20H15FN4O2. The van der Waals surface area contributed by atoms with E-state index in [-0.39, 0.29) is 17.9 Å². The van der Waals surface area contributed by atoms with Gasteiger partial charge in [-0.25, -0.2) is 9.49 Å². The van der Waals surface area contributed by atoms with Gasteiger partial charge in [0, 0.05) is 29.8 Å². The molecule has 2 heterocycles. The number of aromatic nitrogens is 3. The second kappa shape index (κ2) is 6.97. The molecule has 3 N–H and O–H groups in total. The molecule has 4 rings (SSSR count). The highest BCUT2D eigenvalue weighted by atomic mass is 19.1. The van der Waals surface area contributed by atoms with E-state index >= 15 is 0 Å². The fraction of sp³-hybridized carbons (Fsp3) is 0.0500. The molecule has 0 fully saturated rings. The van der Waals surface area contributed by atoms with Gasteiger partial charge in [0.2, 0.25) is 0 Å². The second-order valence-electron chi connectivity index (χ2n) is 5.93. The third-order valence-electron chi connectivity index (χ3n) is 4.14. The van der Waals surface area contributed by atoms with Crippen molar-refractivity contribution in [2.24, 2.45) is 5.73 Å². The minimum Gasteiger partial charge on any atom is -0.456 e. The summed E-state index contributed by atoms with van der Waals surface area (Å²) < 4.78 is 19.0. The van der Waals surface area contributed by atoms with Crippen molar-refractivity contribution in [1.29, 1.82) is 0 Å². The topological polar surface area (TPSA) is 93.9 Å². The number of fused-ring (bicyclic) bond motifs is 1. The summed E-state index contributed by atoms with van der Waals surface area (Å²) >= 11 is 0. The lowest BCUT2D eigenvalue weighted by atomic mass is 10.0. The van der Waals surface area contributed by atoms with E-state index in [4.69, 9.17) is 10.5 Å². The predicted molar refractivity (Wildman–Crippen MR) is 100.0 cm³/mol. The van der Waals surface area contributed by atoms with E-state index in [2.05, 4.69) is 15.2 Å². The van der Waals surface area contributed by atoms with Crippen LogP contribution in [0.3, 0.4) is 0 Å². The van der Waals surface area contributed by atoms with Gasteiger partial charge in [-0.15, -0.1) is 0 Å². The third-order valence-corrected chi connectivity index (χ3v) is 4.14. The molecule has 0 atom stereocenters. The summed E-state index contributed by atoms with van der Waals surface area (Å²) in [5.41, 5.74) is 7.69. The molecule has 0 radical (unpaired) electrons. The lowest BCUT2D eigenvalue weighted by Gasteiger charge is -2.09. The molecular weight excluding hydrogens is 347 g/mol. The summed E-state index contributed by atoms with van der Waals surface area (Å²) in [6.07, 6.45) is 3.23. The number of ether oxygens (including phenoxy) is 1. The molecule has 0 bridgehead atoms. The van der Waals surface area contributed by atoms with Crippen molar-refractivity contribution in [3.05, 3.63) is 82.8 Å². The molecule has 2 aromatic heterocycles. The van der Waals surface area contributed by atoms with Crippen molar-refractivity contribution >= 4 is 10.8 Å². The van der Waals surface area contributed by atoms with Crippen LogP contribution in [0.4, 0.5) is 4.39 Å². The zero-order valence-electron chi connectivity index (χ0n) is 14.1. The number of rotatable bonds is 4. The Bertz CT molecular complexity index is 1190. The molecule has 27 heavy (non-hydrogen) atoms. The first-order valence-electron chi connectivity index (χ1n) is 8.24. The van der Waals surface area contributed by atoms with Crippen LogP contribution in [0.15, 0.2) is 65.7 Å². The average Bonchev–Trinajstić information content (AvgIpc) is 2.68. The maximum Gasteiger partial charge on any atom is 0.272 e. The number of nitrogens with one attached hydrogen (secondary N) is 1. The van der Waals surface area contributed by atoms with Gasteiger partial charge in [0.25, 0.3) is 5.56 Å². The lowest BCUT2D eigenvalue weighted by molar-refractivity contribution is 0.475. The molecule has 0 aliphatic heterocycles. The first-order valence-corrected chi connectivity index (χ1v) is 8.24. The number of H-pyrrole nitrogens is 1. The lowest BCUT2D eigenvalue weighted by Crippen LogP contribution is -2.13.